The molecule has 0 radical (unpaired) electrons. The first-order valence-corrected chi connectivity index (χ1v) is 11.7. The van der Waals surface area contributed by atoms with Crippen molar-refractivity contribution in [3.05, 3.63) is 23.8 Å². The molecule has 3 aliphatic heterocycles. The van der Waals surface area contributed by atoms with Crippen LogP contribution in [0.5, 0.6) is 0 Å². The van der Waals surface area contributed by atoms with Gasteiger partial charge in [0.2, 0.25) is 10.0 Å². The number of rotatable bonds is 4. The zero-order valence-electron chi connectivity index (χ0n) is 14.2. The van der Waals surface area contributed by atoms with Crippen molar-refractivity contribution in [3.8, 4) is 0 Å². The zero-order chi connectivity index (χ0) is 17.4. The Labute approximate surface area is 159 Å². The van der Waals surface area contributed by atoms with Crippen LogP contribution in [0.1, 0.15) is 24.8 Å². The first kappa shape index (κ1) is 17.6. The Morgan fingerprint density at radius 1 is 1.04 bits per heavy atom. The fraction of sp³-hybridized carbons (Fsp3) is 0.588. The summed E-state index contributed by atoms with van der Waals surface area (Å²) in [6, 6.07) is 5.66. The Morgan fingerprint density at radius 3 is 2.56 bits per heavy atom. The minimum atomic E-state index is -3.34. The molecule has 0 unspecified atom stereocenters. The van der Waals surface area contributed by atoms with Gasteiger partial charge in [0.15, 0.2) is 0 Å². The highest BCUT2D eigenvalue weighted by molar-refractivity contribution is 8.23. The number of sulfonamides is 1. The van der Waals surface area contributed by atoms with Gasteiger partial charge in [0.25, 0.3) is 0 Å². The fourth-order valence-electron chi connectivity index (χ4n) is 3.80. The lowest BCUT2D eigenvalue weighted by Gasteiger charge is -2.35. The van der Waals surface area contributed by atoms with Crippen LogP contribution >= 0.6 is 24.0 Å². The van der Waals surface area contributed by atoms with E-state index in [-0.39, 0.29) is 0 Å². The van der Waals surface area contributed by atoms with E-state index in [9.17, 15) is 8.42 Å². The molecule has 0 atom stereocenters. The number of anilines is 1. The smallest absolute Gasteiger partial charge is 0.243 e. The van der Waals surface area contributed by atoms with Gasteiger partial charge in [-0.1, -0.05) is 24.0 Å². The standard InChI is InChI=1S/C17H23N3O2S3/c21-25(22,20-8-1-2-9-20)15-5-6-16-14(12-15)4-3-7-18(16)13-19-10-11-24-17(19)23/h5-6,12H,1-4,7-11,13H2. The Balaban J connectivity index is 1.58. The number of fused-ring (bicyclic) bond motifs is 1. The molecule has 0 saturated carbocycles. The Kier molecular flexibility index (Phi) is 4.96. The van der Waals surface area contributed by atoms with E-state index in [4.69, 9.17) is 12.2 Å². The third kappa shape index (κ3) is 3.41. The van der Waals surface area contributed by atoms with Crippen LogP contribution in [0.15, 0.2) is 23.1 Å². The minimum Gasteiger partial charge on any atom is -0.354 e. The van der Waals surface area contributed by atoms with E-state index < -0.39 is 10.0 Å². The van der Waals surface area contributed by atoms with E-state index in [0.717, 1.165) is 66.8 Å². The molecule has 5 nitrogen and oxygen atoms in total. The van der Waals surface area contributed by atoms with Crippen molar-refractivity contribution in [3.63, 3.8) is 0 Å². The van der Waals surface area contributed by atoms with Gasteiger partial charge in [-0.15, -0.1) is 0 Å². The molecule has 2 fully saturated rings. The largest absolute Gasteiger partial charge is 0.354 e. The molecule has 136 valence electrons. The quantitative estimate of drug-likeness (QED) is 0.728. The second kappa shape index (κ2) is 7.06. The monoisotopic (exact) mass is 397 g/mol. The van der Waals surface area contributed by atoms with Gasteiger partial charge in [-0.25, -0.2) is 8.42 Å². The number of hydrogen-bond donors (Lipinski definition) is 0. The second-order valence-electron chi connectivity index (χ2n) is 6.79. The summed E-state index contributed by atoms with van der Waals surface area (Å²) in [6.07, 6.45) is 3.92. The molecule has 25 heavy (non-hydrogen) atoms. The summed E-state index contributed by atoms with van der Waals surface area (Å²) >= 11 is 7.16. The number of hydrogen-bond acceptors (Lipinski definition) is 5. The van der Waals surface area contributed by atoms with E-state index in [1.807, 2.05) is 12.1 Å². The lowest BCUT2D eigenvalue weighted by atomic mass is 10.0. The van der Waals surface area contributed by atoms with Crippen molar-refractivity contribution < 1.29 is 8.42 Å². The normalized spacial score (nSPS) is 21.8. The molecule has 3 aliphatic rings. The average Bonchev–Trinajstić information content (AvgIpc) is 3.27. The van der Waals surface area contributed by atoms with Gasteiger partial charge < -0.3 is 9.80 Å². The molecule has 3 heterocycles. The maximum atomic E-state index is 12.8. The molecule has 0 aromatic heterocycles. The van der Waals surface area contributed by atoms with Crippen molar-refractivity contribution in [1.82, 2.24) is 9.21 Å². The van der Waals surface area contributed by atoms with Crippen LogP contribution in [-0.4, -0.2) is 60.5 Å². The molecular formula is C17H23N3O2S3. The van der Waals surface area contributed by atoms with Crippen molar-refractivity contribution in [2.45, 2.75) is 30.6 Å². The second-order valence-corrected chi connectivity index (χ2v) is 10.5. The topological polar surface area (TPSA) is 43.9 Å². The molecule has 0 amide bonds. The zero-order valence-corrected chi connectivity index (χ0v) is 16.6. The summed E-state index contributed by atoms with van der Waals surface area (Å²) in [7, 11) is -3.34. The average molecular weight is 398 g/mol. The van der Waals surface area contributed by atoms with Crippen molar-refractivity contribution in [1.29, 1.82) is 0 Å². The molecule has 1 aromatic rings. The summed E-state index contributed by atoms with van der Waals surface area (Å²) in [4.78, 5) is 5.02. The molecule has 8 heteroatoms. The summed E-state index contributed by atoms with van der Waals surface area (Å²) in [5.41, 5.74) is 2.30. The van der Waals surface area contributed by atoms with Crippen LogP contribution in [0, 0.1) is 0 Å². The Bertz CT molecular complexity index is 775. The number of thiocarbonyl (C=S) groups is 1. The fourth-order valence-corrected chi connectivity index (χ4v) is 6.58. The van der Waals surface area contributed by atoms with Gasteiger partial charge >= 0.3 is 0 Å². The number of benzene rings is 1. The van der Waals surface area contributed by atoms with E-state index in [1.54, 1.807) is 22.1 Å². The van der Waals surface area contributed by atoms with E-state index >= 15 is 0 Å². The highest BCUT2D eigenvalue weighted by Gasteiger charge is 2.29. The van der Waals surface area contributed by atoms with Crippen LogP contribution < -0.4 is 4.90 Å². The lowest BCUT2D eigenvalue weighted by Crippen LogP contribution is -2.40. The molecule has 1 aromatic carbocycles. The minimum absolute atomic E-state index is 0.447. The predicted octanol–water partition coefficient (Wildman–Crippen LogP) is 2.51. The molecule has 4 rings (SSSR count). The Morgan fingerprint density at radius 2 is 1.84 bits per heavy atom. The number of nitrogens with zero attached hydrogens (tertiary/aromatic N) is 3. The summed E-state index contributed by atoms with van der Waals surface area (Å²) < 4.78 is 28.2. The van der Waals surface area contributed by atoms with Gasteiger partial charge in [-0.2, -0.15) is 4.31 Å². The van der Waals surface area contributed by atoms with Crippen LogP contribution in [0.3, 0.4) is 0 Å². The van der Waals surface area contributed by atoms with E-state index in [2.05, 4.69) is 9.80 Å². The maximum Gasteiger partial charge on any atom is 0.243 e. The Hall–Kier alpha value is -0.830. The summed E-state index contributed by atoms with van der Waals surface area (Å²) in [5.74, 6) is 1.06. The molecule has 0 aliphatic carbocycles. The number of thioether (sulfide) groups is 1. The van der Waals surface area contributed by atoms with Gasteiger partial charge in [0.05, 0.1) is 11.6 Å². The SMILES string of the molecule is O=S(=O)(c1ccc2c(c1)CCCN2CN1CCSC1=S)N1CCCC1. The third-order valence-corrected chi connectivity index (χ3v) is 8.55. The van der Waals surface area contributed by atoms with Crippen molar-refractivity contribution in [2.24, 2.45) is 0 Å². The summed E-state index contributed by atoms with van der Waals surface area (Å²) in [6.45, 7) is 4.09. The van der Waals surface area contributed by atoms with Crippen molar-refractivity contribution in [2.75, 3.05) is 43.5 Å². The van der Waals surface area contributed by atoms with Crippen LogP contribution in [0.25, 0.3) is 0 Å². The first-order valence-electron chi connectivity index (χ1n) is 8.85. The lowest BCUT2D eigenvalue weighted by molar-refractivity contribution is 0.449. The molecule has 0 spiro atoms. The van der Waals surface area contributed by atoms with Gasteiger partial charge in [0, 0.05) is 37.6 Å². The van der Waals surface area contributed by atoms with Crippen LogP contribution in [0.2, 0.25) is 0 Å². The molecule has 0 bridgehead atoms. The van der Waals surface area contributed by atoms with Gasteiger partial charge in [0.1, 0.15) is 4.32 Å². The summed E-state index contributed by atoms with van der Waals surface area (Å²) in [5, 5.41) is 0. The molecule has 2 saturated heterocycles. The maximum absolute atomic E-state index is 12.8. The highest BCUT2D eigenvalue weighted by Crippen LogP contribution is 2.32. The van der Waals surface area contributed by atoms with Gasteiger partial charge in [-0.3, -0.25) is 0 Å². The van der Waals surface area contributed by atoms with E-state index in [1.165, 1.54) is 0 Å². The highest BCUT2D eigenvalue weighted by atomic mass is 32.2. The number of aryl methyl sites for hydroxylation is 1. The van der Waals surface area contributed by atoms with Gasteiger partial charge in [-0.05, 0) is 49.4 Å². The van der Waals surface area contributed by atoms with Crippen LogP contribution in [0.4, 0.5) is 5.69 Å². The third-order valence-electron chi connectivity index (χ3n) is 5.15. The van der Waals surface area contributed by atoms with E-state index in [0.29, 0.717) is 18.0 Å². The predicted molar refractivity (Wildman–Crippen MR) is 107 cm³/mol. The van der Waals surface area contributed by atoms with Crippen molar-refractivity contribution >= 4 is 44.0 Å². The first-order chi connectivity index (χ1) is 12.1. The van der Waals surface area contributed by atoms with Crippen LogP contribution in [-0.2, 0) is 16.4 Å². The molecule has 0 N–H and O–H groups in total. The molecular weight excluding hydrogens is 374 g/mol.